The van der Waals surface area contributed by atoms with Crippen molar-refractivity contribution in [1.29, 1.82) is 0 Å². The highest BCUT2D eigenvalue weighted by Crippen LogP contribution is 2.33. The Hall–Kier alpha value is -1.29. The van der Waals surface area contributed by atoms with Gasteiger partial charge in [0.15, 0.2) is 0 Å². The molecule has 1 aliphatic carbocycles. The van der Waals surface area contributed by atoms with Gasteiger partial charge in [-0.05, 0) is 24.6 Å². The lowest BCUT2D eigenvalue weighted by atomic mass is 9.83. The first-order valence-corrected chi connectivity index (χ1v) is 5.58. The number of hydrogen-bond donors (Lipinski definition) is 2. The fraction of sp³-hybridized carbons (Fsp3) is 0.583. The van der Waals surface area contributed by atoms with Gasteiger partial charge in [-0.15, -0.1) is 0 Å². The Kier molecular flexibility index (Phi) is 3.29. The largest absolute Gasteiger partial charge is 0.481 e. The summed E-state index contributed by atoms with van der Waals surface area (Å²) in [6.07, 6.45) is 8.10. The maximum absolute atomic E-state index is 10.6. The van der Waals surface area contributed by atoms with Gasteiger partial charge in [-0.3, -0.25) is 4.79 Å². The number of carboxylic acids is 1. The Labute approximate surface area is 95.0 Å². The van der Waals surface area contributed by atoms with E-state index in [9.17, 15) is 4.79 Å². The molecular formula is C12H17NO3. The van der Waals surface area contributed by atoms with Crippen LogP contribution in [0.3, 0.4) is 0 Å². The highest BCUT2D eigenvalue weighted by molar-refractivity contribution is 5.67. The maximum Gasteiger partial charge on any atom is 0.303 e. The van der Waals surface area contributed by atoms with E-state index in [1.165, 1.54) is 5.57 Å². The summed E-state index contributed by atoms with van der Waals surface area (Å²) in [5.41, 5.74) is 1.21. The molecular weight excluding hydrogens is 206 g/mol. The summed E-state index contributed by atoms with van der Waals surface area (Å²) < 4.78 is 5.32. The Morgan fingerprint density at radius 2 is 2.44 bits per heavy atom. The first-order chi connectivity index (χ1) is 7.70. The molecule has 4 heteroatoms. The average molecular weight is 223 g/mol. The Morgan fingerprint density at radius 3 is 3.12 bits per heavy atom. The van der Waals surface area contributed by atoms with Crippen molar-refractivity contribution in [3.05, 3.63) is 23.9 Å². The van der Waals surface area contributed by atoms with Gasteiger partial charge in [0.2, 0.25) is 0 Å². The number of fused-ring (bicyclic) bond motifs is 1. The second-order valence-corrected chi connectivity index (χ2v) is 4.31. The zero-order valence-corrected chi connectivity index (χ0v) is 9.35. The molecule has 0 bridgehead atoms. The summed E-state index contributed by atoms with van der Waals surface area (Å²) in [6, 6.07) is 0.329. The number of rotatable bonds is 4. The van der Waals surface area contributed by atoms with E-state index in [0.29, 0.717) is 18.4 Å². The van der Waals surface area contributed by atoms with Crippen LogP contribution in [-0.2, 0) is 9.53 Å². The summed E-state index contributed by atoms with van der Waals surface area (Å²) in [6.45, 7) is 0. The van der Waals surface area contributed by atoms with E-state index in [-0.39, 0.29) is 12.5 Å². The highest BCUT2D eigenvalue weighted by atomic mass is 16.5. The van der Waals surface area contributed by atoms with E-state index in [2.05, 4.69) is 17.5 Å². The number of carbonyl (C=O) groups is 1. The van der Waals surface area contributed by atoms with Crippen LogP contribution in [-0.4, -0.2) is 30.3 Å². The zero-order valence-electron chi connectivity index (χ0n) is 9.35. The van der Waals surface area contributed by atoms with Crippen molar-refractivity contribution < 1.29 is 14.6 Å². The molecule has 2 N–H and O–H groups in total. The second-order valence-electron chi connectivity index (χ2n) is 4.31. The van der Waals surface area contributed by atoms with Gasteiger partial charge in [0.05, 0.1) is 12.1 Å². The molecule has 0 saturated heterocycles. The second kappa shape index (κ2) is 4.70. The van der Waals surface area contributed by atoms with E-state index in [4.69, 9.17) is 9.84 Å². The molecule has 0 saturated carbocycles. The topological polar surface area (TPSA) is 58.6 Å². The van der Waals surface area contributed by atoms with E-state index in [1.54, 1.807) is 7.11 Å². The van der Waals surface area contributed by atoms with Crippen molar-refractivity contribution >= 4 is 5.97 Å². The molecule has 4 nitrogen and oxygen atoms in total. The van der Waals surface area contributed by atoms with Crippen LogP contribution in [0.4, 0.5) is 0 Å². The summed E-state index contributed by atoms with van der Waals surface area (Å²) in [7, 11) is 1.71. The molecule has 0 radical (unpaired) electrons. The van der Waals surface area contributed by atoms with Gasteiger partial charge < -0.3 is 15.2 Å². The van der Waals surface area contributed by atoms with Crippen LogP contribution < -0.4 is 5.32 Å². The number of hydrogen-bond acceptors (Lipinski definition) is 3. The number of aliphatic carboxylic acids is 1. The SMILES string of the molecule is COC1C=CC2NC=C(CCC(=O)O)C2C1. The van der Waals surface area contributed by atoms with Crippen molar-refractivity contribution in [1.82, 2.24) is 5.32 Å². The lowest BCUT2D eigenvalue weighted by Gasteiger charge is -2.27. The fourth-order valence-corrected chi connectivity index (χ4v) is 2.40. The minimum absolute atomic E-state index is 0.161. The highest BCUT2D eigenvalue weighted by Gasteiger charge is 2.32. The summed E-state index contributed by atoms with van der Waals surface area (Å²) in [5.74, 6) is -0.340. The third-order valence-corrected chi connectivity index (χ3v) is 3.32. The first kappa shape index (κ1) is 11.2. The Morgan fingerprint density at radius 1 is 1.62 bits per heavy atom. The average Bonchev–Trinajstić information content (AvgIpc) is 2.68. The molecule has 2 rings (SSSR count). The van der Waals surface area contributed by atoms with Gasteiger partial charge in [-0.2, -0.15) is 0 Å². The number of ether oxygens (including phenoxy) is 1. The molecule has 2 aliphatic rings. The van der Waals surface area contributed by atoms with Crippen LogP contribution in [0.5, 0.6) is 0 Å². The fourth-order valence-electron chi connectivity index (χ4n) is 2.40. The first-order valence-electron chi connectivity index (χ1n) is 5.58. The van der Waals surface area contributed by atoms with Crippen LogP contribution in [0.1, 0.15) is 19.3 Å². The summed E-state index contributed by atoms with van der Waals surface area (Å²) >= 11 is 0. The molecule has 1 heterocycles. The van der Waals surface area contributed by atoms with E-state index < -0.39 is 5.97 Å². The van der Waals surface area contributed by atoms with Crippen LogP contribution in [0.15, 0.2) is 23.9 Å². The van der Waals surface area contributed by atoms with Gasteiger partial charge in [0, 0.05) is 19.4 Å². The van der Waals surface area contributed by atoms with Gasteiger partial charge >= 0.3 is 5.97 Å². The van der Waals surface area contributed by atoms with Crippen LogP contribution >= 0.6 is 0 Å². The minimum atomic E-state index is -0.737. The summed E-state index contributed by atoms with van der Waals surface area (Å²) in [5, 5.41) is 12.0. The Bertz CT molecular complexity index is 335. The molecule has 1 aliphatic heterocycles. The number of nitrogens with one attached hydrogen (secondary N) is 1. The lowest BCUT2D eigenvalue weighted by Crippen LogP contribution is -2.32. The molecule has 88 valence electrons. The minimum Gasteiger partial charge on any atom is -0.481 e. The monoisotopic (exact) mass is 223 g/mol. The standard InChI is InChI=1S/C12H17NO3/c1-16-9-3-4-11-10(6-9)8(7-13-11)2-5-12(14)15/h3-4,7,9-11,13H,2,5-6H2,1H3,(H,14,15). The molecule has 0 aromatic heterocycles. The van der Waals surface area contributed by atoms with Crippen molar-refractivity contribution in [3.63, 3.8) is 0 Å². The van der Waals surface area contributed by atoms with Crippen molar-refractivity contribution in [2.45, 2.75) is 31.4 Å². The van der Waals surface area contributed by atoms with Crippen LogP contribution in [0.25, 0.3) is 0 Å². The molecule has 16 heavy (non-hydrogen) atoms. The predicted molar refractivity (Wildman–Crippen MR) is 59.9 cm³/mol. The van der Waals surface area contributed by atoms with E-state index >= 15 is 0 Å². The van der Waals surface area contributed by atoms with Crippen molar-refractivity contribution in [3.8, 4) is 0 Å². The van der Waals surface area contributed by atoms with Gasteiger partial charge in [0.25, 0.3) is 0 Å². The van der Waals surface area contributed by atoms with Gasteiger partial charge in [0.1, 0.15) is 0 Å². The molecule has 0 amide bonds. The normalized spacial score (nSPS) is 31.8. The lowest BCUT2D eigenvalue weighted by molar-refractivity contribution is -0.136. The third kappa shape index (κ3) is 2.27. The predicted octanol–water partition coefficient (Wildman–Crippen LogP) is 1.30. The molecule has 0 spiro atoms. The summed E-state index contributed by atoms with van der Waals surface area (Å²) in [4.78, 5) is 10.6. The number of methoxy groups -OCH3 is 1. The molecule has 0 fully saturated rings. The third-order valence-electron chi connectivity index (χ3n) is 3.32. The van der Waals surface area contributed by atoms with Crippen LogP contribution in [0, 0.1) is 5.92 Å². The van der Waals surface area contributed by atoms with Crippen molar-refractivity contribution in [2.24, 2.45) is 5.92 Å². The van der Waals surface area contributed by atoms with E-state index in [0.717, 1.165) is 6.42 Å². The smallest absolute Gasteiger partial charge is 0.303 e. The molecule has 0 aromatic rings. The Balaban J connectivity index is 1.97. The quantitative estimate of drug-likeness (QED) is 0.705. The maximum atomic E-state index is 10.6. The zero-order chi connectivity index (χ0) is 11.5. The van der Waals surface area contributed by atoms with Crippen molar-refractivity contribution in [2.75, 3.05) is 7.11 Å². The molecule has 3 atom stereocenters. The molecule has 3 unspecified atom stereocenters. The van der Waals surface area contributed by atoms with Gasteiger partial charge in [-0.1, -0.05) is 12.2 Å². The van der Waals surface area contributed by atoms with Gasteiger partial charge in [-0.25, -0.2) is 0 Å². The molecule has 0 aromatic carbocycles. The number of carboxylic acid groups (broad SMARTS) is 1. The van der Waals surface area contributed by atoms with Crippen LogP contribution in [0.2, 0.25) is 0 Å². The van der Waals surface area contributed by atoms with E-state index in [1.807, 2.05) is 6.20 Å².